The number of rotatable bonds is 4. The van der Waals surface area contributed by atoms with E-state index in [1.807, 2.05) is 0 Å². The molecule has 84 valence electrons. The molecule has 0 saturated carbocycles. The second-order valence-corrected chi connectivity index (χ2v) is 3.32. The van der Waals surface area contributed by atoms with Gasteiger partial charge in [0.1, 0.15) is 5.82 Å². The molecule has 0 aliphatic rings. The number of carbonyl (C=O) groups is 2. The Labute approximate surface area is 92.2 Å². The van der Waals surface area contributed by atoms with Crippen LogP contribution in [0.1, 0.15) is 18.9 Å². The average Bonchev–Trinajstić information content (AvgIpc) is 2.19. The Morgan fingerprint density at radius 1 is 1.38 bits per heavy atom. The highest BCUT2D eigenvalue weighted by Crippen LogP contribution is 2.14. The van der Waals surface area contributed by atoms with Gasteiger partial charge in [-0.3, -0.25) is 9.59 Å². The van der Waals surface area contributed by atoms with Crippen molar-refractivity contribution in [2.75, 3.05) is 0 Å². The molecular weight excluding hydrogens is 211 g/mol. The topological polar surface area (TPSA) is 54.4 Å². The molecule has 0 aliphatic heterocycles. The van der Waals surface area contributed by atoms with Crippen LogP contribution >= 0.6 is 0 Å². The summed E-state index contributed by atoms with van der Waals surface area (Å²) in [5, 5.41) is 8.59. The number of benzene rings is 1. The Kier molecular flexibility index (Phi) is 3.94. The lowest BCUT2D eigenvalue weighted by molar-refractivity contribution is -0.136. The highest BCUT2D eigenvalue weighted by Gasteiger charge is 2.10. The van der Waals surface area contributed by atoms with Gasteiger partial charge in [0.15, 0.2) is 5.78 Å². The molecule has 1 aromatic carbocycles. The first-order valence-corrected chi connectivity index (χ1v) is 4.68. The van der Waals surface area contributed by atoms with Crippen molar-refractivity contribution in [3.63, 3.8) is 0 Å². The summed E-state index contributed by atoms with van der Waals surface area (Å²) < 4.78 is 13.2. The molecule has 3 nitrogen and oxygen atoms in total. The zero-order valence-electron chi connectivity index (χ0n) is 8.74. The maximum Gasteiger partial charge on any atom is 0.307 e. The lowest BCUT2D eigenvalue weighted by Crippen LogP contribution is -2.04. The Morgan fingerprint density at radius 2 is 2.00 bits per heavy atom. The van der Waals surface area contributed by atoms with Crippen molar-refractivity contribution in [2.45, 2.75) is 13.3 Å². The van der Waals surface area contributed by atoms with Crippen LogP contribution in [0.15, 0.2) is 29.8 Å². The number of carboxylic acid groups (broad SMARTS) is 1. The third kappa shape index (κ3) is 3.31. The van der Waals surface area contributed by atoms with Gasteiger partial charge >= 0.3 is 5.97 Å². The van der Waals surface area contributed by atoms with Crippen molar-refractivity contribution in [1.29, 1.82) is 0 Å². The average molecular weight is 222 g/mol. The standard InChI is InChI=1S/C12H11FO3/c1-8(14)10(7-12(15)16)6-9-4-2-3-5-11(9)13/h2-6H,7H2,1H3,(H,15,16)/b10-6+. The van der Waals surface area contributed by atoms with Gasteiger partial charge in [-0.25, -0.2) is 4.39 Å². The molecule has 0 unspecified atom stereocenters. The van der Waals surface area contributed by atoms with Gasteiger partial charge in [0, 0.05) is 11.1 Å². The molecule has 0 fully saturated rings. The molecule has 0 spiro atoms. The minimum absolute atomic E-state index is 0.0811. The predicted octanol–water partition coefficient (Wildman–Crippen LogP) is 2.27. The number of aliphatic carboxylic acids is 1. The van der Waals surface area contributed by atoms with Crippen molar-refractivity contribution < 1.29 is 19.1 Å². The fraction of sp³-hybridized carbons (Fsp3) is 0.167. The molecule has 0 bridgehead atoms. The highest BCUT2D eigenvalue weighted by atomic mass is 19.1. The fourth-order valence-corrected chi connectivity index (χ4v) is 1.22. The van der Waals surface area contributed by atoms with E-state index in [-0.39, 0.29) is 16.9 Å². The smallest absolute Gasteiger partial charge is 0.307 e. The van der Waals surface area contributed by atoms with E-state index >= 15 is 0 Å². The second kappa shape index (κ2) is 5.21. The second-order valence-electron chi connectivity index (χ2n) is 3.32. The summed E-state index contributed by atoms with van der Waals surface area (Å²) in [5.41, 5.74) is 0.298. The number of ketones is 1. The number of carbonyl (C=O) groups excluding carboxylic acids is 1. The van der Waals surface area contributed by atoms with Crippen LogP contribution in [0.2, 0.25) is 0 Å². The molecule has 1 aromatic rings. The van der Waals surface area contributed by atoms with Gasteiger partial charge in [0.2, 0.25) is 0 Å². The molecule has 0 radical (unpaired) electrons. The largest absolute Gasteiger partial charge is 0.481 e. The Bertz CT molecular complexity index is 449. The van der Waals surface area contributed by atoms with E-state index in [4.69, 9.17) is 5.11 Å². The third-order valence-electron chi connectivity index (χ3n) is 2.03. The van der Waals surface area contributed by atoms with E-state index < -0.39 is 18.2 Å². The number of halogens is 1. The highest BCUT2D eigenvalue weighted by molar-refractivity contribution is 6.01. The zero-order valence-corrected chi connectivity index (χ0v) is 8.74. The van der Waals surface area contributed by atoms with E-state index in [2.05, 4.69) is 0 Å². The predicted molar refractivity (Wildman–Crippen MR) is 57.3 cm³/mol. The molecule has 16 heavy (non-hydrogen) atoms. The van der Waals surface area contributed by atoms with Crippen LogP contribution in [-0.4, -0.2) is 16.9 Å². The van der Waals surface area contributed by atoms with Crippen molar-refractivity contribution in [1.82, 2.24) is 0 Å². The SMILES string of the molecule is CC(=O)/C(=C/c1ccccc1F)CC(=O)O. The first-order valence-electron chi connectivity index (χ1n) is 4.68. The minimum Gasteiger partial charge on any atom is -0.481 e. The van der Waals surface area contributed by atoms with Gasteiger partial charge in [-0.1, -0.05) is 18.2 Å². The van der Waals surface area contributed by atoms with Crippen LogP contribution in [0.25, 0.3) is 6.08 Å². The molecule has 0 aromatic heterocycles. The summed E-state index contributed by atoms with van der Waals surface area (Å²) in [6.07, 6.45) is 0.870. The van der Waals surface area contributed by atoms with Crippen molar-refractivity contribution in [3.8, 4) is 0 Å². The normalized spacial score (nSPS) is 11.2. The molecule has 0 amide bonds. The van der Waals surface area contributed by atoms with E-state index in [1.165, 1.54) is 31.2 Å². The number of hydrogen-bond donors (Lipinski definition) is 1. The van der Waals surface area contributed by atoms with Gasteiger partial charge < -0.3 is 5.11 Å². The van der Waals surface area contributed by atoms with Gasteiger partial charge in [-0.15, -0.1) is 0 Å². The Balaban J connectivity index is 3.07. The molecule has 1 rings (SSSR count). The maximum atomic E-state index is 13.2. The van der Waals surface area contributed by atoms with E-state index in [9.17, 15) is 14.0 Å². The summed E-state index contributed by atoms with van der Waals surface area (Å²) in [5.74, 6) is -1.96. The van der Waals surface area contributed by atoms with E-state index in [0.717, 1.165) is 0 Å². The van der Waals surface area contributed by atoms with Crippen molar-refractivity contribution >= 4 is 17.8 Å². The molecule has 0 aliphatic carbocycles. The third-order valence-corrected chi connectivity index (χ3v) is 2.03. The quantitative estimate of drug-likeness (QED) is 0.795. The molecule has 0 saturated heterocycles. The maximum absolute atomic E-state index is 13.2. The molecule has 4 heteroatoms. The van der Waals surface area contributed by atoms with Gasteiger partial charge in [0.05, 0.1) is 6.42 Å². The van der Waals surface area contributed by atoms with E-state index in [1.54, 1.807) is 6.07 Å². The van der Waals surface area contributed by atoms with Crippen LogP contribution in [0, 0.1) is 5.82 Å². The summed E-state index contributed by atoms with van der Waals surface area (Å²) in [6, 6.07) is 5.88. The minimum atomic E-state index is -1.11. The lowest BCUT2D eigenvalue weighted by atomic mass is 10.0. The van der Waals surface area contributed by atoms with E-state index in [0.29, 0.717) is 0 Å². The summed E-state index contributed by atoms with van der Waals surface area (Å²) >= 11 is 0. The van der Waals surface area contributed by atoms with Crippen molar-refractivity contribution in [3.05, 3.63) is 41.2 Å². The lowest BCUT2D eigenvalue weighted by Gasteiger charge is -2.01. The van der Waals surface area contributed by atoms with Crippen LogP contribution in [0.4, 0.5) is 4.39 Å². The number of hydrogen-bond acceptors (Lipinski definition) is 2. The van der Waals surface area contributed by atoms with Crippen LogP contribution in [0.5, 0.6) is 0 Å². The number of carboxylic acids is 1. The van der Waals surface area contributed by atoms with Crippen molar-refractivity contribution in [2.24, 2.45) is 0 Å². The first kappa shape index (κ1) is 12.1. The number of Topliss-reactive ketones (excluding diaryl/α,β-unsaturated/α-hetero) is 1. The first-order chi connectivity index (χ1) is 7.50. The molecule has 0 heterocycles. The van der Waals surface area contributed by atoms with Gasteiger partial charge in [-0.05, 0) is 19.1 Å². The van der Waals surface area contributed by atoms with Crippen LogP contribution in [0.3, 0.4) is 0 Å². The van der Waals surface area contributed by atoms with Gasteiger partial charge in [0.25, 0.3) is 0 Å². The summed E-state index contributed by atoms with van der Waals surface area (Å²) in [4.78, 5) is 21.6. The Hall–Kier alpha value is -1.97. The van der Waals surface area contributed by atoms with Gasteiger partial charge in [-0.2, -0.15) is 0 Å². The molecular formula is C12H11FO3. The fourth-order valence-electron chi connectivity index (χ4n) is 1.22. The van der Waals surface area contributed by atoms with Crippen LogP contribution in [-0.2, 0) is 9.59 Å². The monoisotopic (exact) mass is 222 g/mol. The molecule has 1 N–H and O–H groups in total. The summed E-state index contributed by atoms with van der Waals surface area (Å²) in [6.45, 7) is 1.26. The zero-order chi connectivity index (χ0) is 12.1. The summed E-state index contributed by atoms with van der Waals surface area (Å²) in [7, 11) is 0. The van der Waals surface area contributed by atoms with Crippen LogP contribution < -0.4 is 0 Å². The molecule has 0 atom stereocenters. The Morgan fingerprint density at radius 3 is 2.50 bits per heavy atom.